The molecule has 20 heavy (non-hydrogen) atoms. The minimum Gasteiger partial charge on any atom is -0.195 e. The number of thiophene rings is 1. The van der Waals surface area contributed by atoms with Gasteiger partial charge >= 0.3 is 0 Å². The molecule has 1 unspecified atom stereocenters. The molecule has 1 aliphatic rings. The fourth-order valence-electron chi connectivity index (χ4n) is 2.35. The number of nitrogens with zero attached hydrogens (tertiary/aromatic N) is 2. The van der Waals surface area contributed by atoms with Crippen LogP contribution in [-0.2, 0) is 16.8 Å². The van der Waals surface area contributed by atoms with Gasteiger partial charge in [-0.2, -0.15) is 17.0 Å². The third kappa shape index (κ3) is 3.67. The van der Waals surface area contributed by atoms with Gasteiger partial charge in [-0.15, -0.1) is 22.9 Å². The number of piperidine rings is 1. The van der Waals surface area contributed by atoms with Crippen molar-refractivity contribution < 1.29 is 8.42 Å². The van der Waals surface area contributed by atoms with E-state index in [4.69, 9.17) is 23.2 Å². The molecule has 2 heterocycles. The number of hydrogen-bond donors (Lipinski definition) is 0. The first-order chi connectivity index (χ1) is 9.45. The topological polar surface area (TPSA) is 40.6 Å². The Morgan fingerprint density at radius 3 is 2.80 bits per heavy atom. The molecule has 1 aliphatic heterocycles. The quantitative estimate of drug-likeness (QED) is 0.760. The van der Waals surface area contributed by atoms with Gasteiger partial charge in [0.2, 0.25) is 0 Å². The molecule has 8 heteroatoms. The highest BCUT2D eigenvalue weighted by molar-refractivity contribution is 7.86. The van der Waals surface area contributed by atoms with Gasteiger partial charge in [-0.25, -0.2) is 0 Å². The summed E-state index contributed by atoms with van der Waals surface area (Å²) in [5.74, 6) is 0.345. The summed E-state index contributed by atoms with van der Waals surface area (Å²) in [6, 6.07) is 3.54. The molecule has 0 N–H and O–H groups in total. The van der Waals surface area contributed by atoms with E-state index in [1.165, 1.54) is 15.6 Å². The summed E-state index contributed by atoms with van der Waals surface area (Å²) in [6.45, 7) is 0.889. The van der Waals surface area contributed by atoms with Crippen molar-refractivity contribution in [3.63, 3.8) is 0 Å². The predicted octanol–water partition coefficient (Wildman–Crippen LogP) is 3.17. The van der Waals surface area contributed by atoms with Crippen molar-refractivity contribution in [1.29, 1.82) is 0 Å². The Labute approximate surface area is 134 Å². The van der Waals surface area contributed by atoms with Gasteiger partial charge in [-0.3, -0.25) is 0 Å². The molecule has 0 saturated carbocycles. The molecule has 114 valence electrons. The fourth-order valence-corrected chi connectivity index (χ4v) is 5.55. The molecule has 4 nitrogen and oxygen atoms in total. The molecular weight excluding hydrogens is 339 g/mol. The third-order valence-corrected chi connectivity index (χ3v) is 7.01. The Morgan fingerprint density at radius 1 is 1.45 bits per heavy atom. The van der Waals surface area contributed by atoms with Crippen LogP contribution < -0.4 is 0 Å². The van der Waals surface area contributed by atoms with Gasteiger partial charge in [-0.1, -0.05) is 18.0 Å². The summed E-state index contributed by atoms with van der Waals surface area (Å²) in [4.78, 5) is 0.931. The Balaban J connectivity index is 2.11. The van der Waals surface area contributed by atoms with Gasteiger partial charge < -0.3 is 0 Å². The van der Waals surface area contributed by atoms with E-state index in [0.717, 1.165) is 24.1 Å². The second kappa shape index (κ2) is 6.94. The highest BCUT2D eigenvalue weighted by atomic mass is 35.5. The Kier molecular flexibility index (Phi) is 5.73. The van der Waals surface area contributed by atoms with Crippen LogP contribution >= 0.6 is 34.5 Å². The summed E-state index contributed by atoms with van der Waals surface area (Å²) in [7, 11) is -1.87. The van der Waals surface area contributed by atoms with Crippen LogP contribution in [0.15, 0.2) is 12.1 Å². The Morgan fingerprint density at radius 2 is 2.20 bits per heavy atom. The SMILES string of the molecule is CN(Cc1ccc(Cl)s1)S(=O)(=O)N1CCCCC1CCl. The van der Waals surface area contributed by atoms with Gasteiger partial charge in [0, 0.05) is 36.9 Å². The molecule has 0 aliphatic carbocycles. The van der Waals surface area contributed by atoms with Crippen molar-refractivity contribution in [2.75, 3.05) is 19.5 Å². The van der Waals surface area contributed by atoms with E-state index < -0.39 is 10.2 Å². The molecule has 2 rings (SSSR count). The lowest BCUT2D eigenvalue weighted by molar-refractivity contribution is 0.252. The van der Waals surface area contributed by atoms with Crippen molar-refractivity contribution in [3.05, 3.63) is 21.3 Å². The highest BCUT2D eigenvalue weighted by Gasteiger charge is 2.34. The van der Waals surface area contributed by atoms with Crippen LogP contribution in [0.2, 0.25) is 4.34 Å². The summed E-state index contributed by atoms with van der Waals surface area (Å²) in [5, 5.41) is 0. The van der Waals surface area contributed by atoms with Crippen LogP contribution in [0.3, 0.4) is 0 Å². The highest BCUT2D eigenvalue weighted by Crippen LogP contribution is 2.26. The molecule has 0 radical (unpaired) electrons. The van der Waals surface area contributed by atoms with Crippen molar-refractivity contribution in [2.45, 2.75) is 31.8 Å². The molecule has 0 aromatic carbocycles. The molecule has 1 atom stereocenters. The molecule has 1 saturated heterocycles. The van der Waals surface area contributed by atoms with Crippen LogP contribution in [0, 0.1) is 0 Å². The molecular formula is C12H18Cl2N2O2S2. The third-order valence-electron chi connectivity index (χ3n) is 3.45. The second-order valence-electron chi connectivity index (χ2n) is 4.88. The fraction of sp³-hybridized carbons (Fsp3) is 0.667. The van der Waals surface area contributed by atoms with Gasteiger partial charge in [0.05, 0.1) is 4.34 Å². The molecule has 0 amide bonds. The molecule has 1 fully saturated rings. The standard InChI is InChI=1S/C12H18Cl2N2O2S2/c1-15(9-11-5-6-12(14)19-11)20(17,18)16-7-3-2-4-10(16)8-13/h5-6,10H,2-4,7-9H2,1H3. The Hall–Kier alpha value is 0.150. The zero-order chi connectivity index (χ0) is 14.8. The maximum absolute atomic E-state index is 12.6. The maximum Gasteiger partial charge on any atom is 0.282 e. The minimum absolute atomic E-state index is 0.0928. The largest absolute Gasteiger partial charge is 0.282 e. The molecule has 1 aromatic rings. The van der Waals surface area contributed by atoms with Crippen molar-refractivity contribution >= 4 is 44.7 Å². The minimum atomic E-state index is -3.47. The van der Waals surface area contributed by atoms with E-state index >= 15 is 0 Å². The molecule has 0 spiro atoms. The summed E-state index contributed by atoms with van der Waals surface area (Å²) < 4.78 is 28.8. The number of alkyl halides is 1. The van der Waals surface area contributed by atoms with Crippen LogP contribution in [0.5, 0.6) is 0 Å². The van der Waals surface area contributed by atoms with Gasteiger partial charge in [-0.05, 0) is 25.0 Å². The number of rotatable bonds is 5. The first-order valence-corrected chi connectivity index (χ1v) is 9.61. The van der Waals surface area contributed by atoms with Crippen molar-refractivity contribution in [3.8, 4) is 0 Å². The van der Waals surface area contributed by atoms with Gasteiger partial charge in [0.1, 0.15) is 0 Å². The van der Waals surface area contributed by atoms with Crippen LogP contribution in [0.25, 0.3) is 0 Å². The first kappa shape index (κ1) is 16.5. The van der Waals surface area contributed by atoms with E-state index in [1.807, 2.05) is 6.07 Å². The van der Waals surface area contributed by atoms with E-state index in [9.17, 15) is 8.42 Å². The normalized spacial score (nSPS) is 21.5. The molecule has 1 aromatic heterocycles. The van der Waals surface area contributed by atoms with Crippen LogP contribution in [-0.4, -0.2) is 42.5 Å². The Bertz CT molecular complexity index is 547. The van der Waals surface area contributed by atoms with E-state index in [1.54, 1.807) is 17.4 Å². The predicted molar refractivity (Wildman–Crippen MR) is 84.8 cm³/mol. The number of hydrogen-bond acceptors (Lipinski definition) is 3. The zero-order valence-corrected chi connectivity index (χ0v) is 14.4. The smallest absolute Gasteiger partial charge is 0.195 e. The molecule has 0 bridgehead atoms. The van der Waals surface area contributed by atoms with Gasteiger partial charge in [0.25, 0.3) is 10.2 Å². The second-order valence-corrected chi connectivity index (χ2v) is 8.98. The summed E-state index contributed by atoms with van der Waals surface area (Å²) in [6.07, 6.45) is 2.76. The average Bonchev–Trinajstić information content (AvgIpc) is 2.84. The van der Waals surface area contributed by atoms with Gasteiger partial charge in [0.15, 0.2) is 0 Å². The summed E-state index contributed by atoms with van der Waals surface area (Å²) in [5.41, 5.74) is 0. The van der Waals surface area contributed by atoms with E-state index in [-0.39, 0.29) is 6.04 Å². The number of halogens is 2. The van der Waals surface area contributed by atoms with E-state index in [2.05, 4.69) is 0 Å². The maximum atomic E-state index is 12.6. The lowest BCUT2D eigenvalue weighted by atomic mass is 10.1. The van der Waals surface area contributed by atoms with Crippen molar-refractivity contribution in [2.24, 2.45) is 0 Å². The summed E-state index contributed by atoms with van der Waals surface area (Å²) >= 11 is 13.2. The lowest BCUT2D eigenvalue weighted by Gasteiger charge is -2.35. The van der Waals surface area contributed by atoms with Crippen molar-refractivity contribution in [1.82, 2.24) is 8.61 Å². The van der Waals surface area contributed by atoms with Crippen LogP contribution in [0.4, 0.5) is 0 Å². The van der Waals surface area contributed by atoms with E-state index in [0.29, 0.717) is 23.3 Å². The zero-order valence-electron chi connectivity index (χ0n) is 11.3. The monoisotopic (exact) mass is 356 g/mol. The average molecular weight is 357 g/mol. The lowest BCUT2D eigenvalue weighted by Crippen LogP contribution is -2.50. The van der Waals surface area contributed by atoms with Crippen LogP contribution in [0.1, 0.15) is 24.1 Å². The first-order valence-electron chi connectivity index (χ1n) is 6.48.